The lowest BCUT2D eigenvalue weighted by molar-refractivity contribution is 1.18. The lowest BCUT2D eigenvalue weighted by atomic mass is 9.97. The molecule has 0 aliphatic rings. The molecule has 11 aromatic rings. The molecule has 0 aliphatic carbocycles. The summed E-state index contributed by atoms with van der Waals surface area (Å²) in [6.45, 7) is 0. The molecular formula is C60H42N2. The van der Waals surface area contributed by atoms with Crippen molar-refractivity contribution in [3.63, 3.8) is 0 Å². The zero-order valence-electron chi connectivity index (χ0n) is 34.1. The number of fused-ring (bicyclic) bond motifs is 3. The van der Waals surface area contributed by atoms with Gasteiger partial charge >= 0.3 is 0 Å². The van der Waals surface area contributed by atoms with Gasteiger partial charge in [-0.15, -0.1) is 0 Å². The molecule has 2 nitrogen and oxygen atoms in total. The van der Waals surface area contributed by atoms with Crippen molar-refractivity contribution >= 4 is 38.9 Å². The quantitative estimate of drug-likeness (QED) is 0.141. The molecule has 292 valence electrons. The Morgan fingerprint density at radius 1 is 0.258 bits per heavy atom. The summed E-state index contributed by atoms with van der Waals surface area (Å²) in [5.41, 5.74) is 18.7. The van der Waals surface area contributed by atoms with E-state index in [4.69, 9.17) is 0 Å². The number of rotatable bonds is 9. The molecule has 0 unspecified atom stereocenters. The number of hydrogen-bond acceptors (Lipinski definition) is 1. The van der Waals surface area contributed by atoms with Crippen molar-refractivity contribution < 1.29 is 0 Å². The summed E-state index contributed by atoms with van der Waals surface area (Å²) in [5.74, 6) is 0. The van der Waals surface area contributed by atoms with Crippen LogP contribution in [0.15, 0.2) is 255 Å². The van der Waals surface area contributed by atoms with Crippen molar-refractivity contribution in [2.24, 2.45) is 0 Å². The van der Waals surface area contributed by atoms with Gasteiger partial charge in [0, 0.05) is 33.3 Å². The number of aromatic nitrogens is 1. The molecular weight excluding hydrogens is 749 g/mol. The first-order valence-corrected chi connectivity index (χ1v) is 21.3. The zero-order valence-corrected chi connectivity index (χ0v) is 34.1. The van der Waals surface area contributed by atoms with Crippen LogP contribution in [-0.4, -0.2) is 4.57 Å². The van der Waals surface area contributed by atoms with E-state index in [2.05, 4.69) is 264 Å². The molecule has 0 amide bonds. The second kappa shape index (κ2) is 16.1. The van der Waals surface area contributed by atoms with Crippen LogP contribution in [0.5, 0.6) is 0 Å². The molecule has 10 aromatic carbocycles. The molecule has 11 rings (SSSR count). The van der Waals surface area contributed by atoms with E-state index in [9.17, 15) is 0 Å². The molecule has 1 aromatic heterocycles. The average Bonchev–Trinajstić information content (AvgIpc) is 3.69. The summed E-state index contributed by atoms with van der Waals surface area (Å²) in [6, 6.07) is 92.0. The van der Waals surface area contributed by atoms with Crippen molar-refractivity contribution in [3.8, 4) is 61.3 Å². The van der Waals surface area contributed by atoms with Crippen LogP contribution in [0.3, 0.4) is 0 Å². The molecule has 0 bridgehead atoms. The maximum atomic E-state index is 2.41. The predicted molar refractivity (Wildman–Crippen MR) is 263 cm³/mol. The molecule has 0 fully saturated rings. The highest BCUT2D eigenvalue weighted by Crippen LogP contribution is 2.43. The number of anilines is 3. The van der Waals surface area contributed by atoms with Crippen LogP contribution >= 0.6 is 0 Å². The molecule has 0 saturated carbocycles. The first-order valence-electron chi connectivity index (χ1n) is 21.3. The van der Waals surface area contributed by atoms with E-state index in [0.29, 0.717) is 0 Å². The summed E-state index contributed by atoms with van der Waals surface area (Å²) >= 11 is 0. The molecule has 0 atom stereocenters. The molecule has 0 spiro atoms. The summed E-state index contributed by atoms with van der Waals surface area (Å²) in [6.07, 6.45) is 0. The second-order valence-electron chi connectivity index (χ2n) is 15.7. The zero-order chi connectivity index (χ0) is 41.2. The Hall–Kier alpha value is -8.20. The lowest BCUT2D eigenvalue weighted by Crippen LogP contribution is -2.11. The van der Waals surface area contributed by atoms with E-state index in [0.717, 1.165) is 17.1 Å². The smallest absolute Gasteiger partial charge is 0.0541 e. The standard InChI is InChI=1S/C60H42N2/c1-3-17-43(18-4-1)48-21-15-22-49(41-48)50-23-16-24-52(42-50)61(57-29-11-7-25-53(57)46-19-5-2-6-20-46)51-39-37-45(38-40-51)44-33-35-47(36-34-44)54-26-8-12-30-58(54)62-59-31-13-9-27-55(59)56-28-10-14-32-60(56)62/h1-42H. The Morgan fingerprint density at radius 3 is 1.37 bits per heavy atom. The third-order valence-electron chi connectivity index (χ3n) is 12.0. The highest BCUT2D eigenvalue weighted by atomic mass is 15.1. The monoisotopic (exact) mass is 790 g/mol. The van der Waals surface area contributed by atoms with Gasteiger partial charge in [-0.05, 0) is 99.1 Å². The first-order chi connectivity index (χ1) is 30.8. The highest BCUT2D eigenvalue weighted by Gasteiger charge is 2.19. The summed E-state index contributed by atoms with van der Waals surface area (Å²) in [4.78, 5) is 2.39. The normalized spacial score (nSPS) is 11.2. The van der Waals surface area contributed by atoms with Crippen LogP contribution in [0, 0.1) is 0 Å². The van der Waals surface area contributed by atoms with Crippen molar-refractivity contribution in [3.05, 3.63) is 255 Å². The van der Waals surface area contributed by atoms with E-state index in [1.807, 2.05) is 0 Å². The summed E-state index contributed by atoms with van der Waals surface area (Å²) in [7, 11) is 0. The molecule has 0 N–H and O–H groups in total. The maximum absolute atomic E-state index is 2.41. The van der Waals surface area contributed by atoms with Gasteiger partial charge in [-0.3, -0.25) is 0 Å². The third kappa shape index (κ3) is 6.84. The fraction of sp³-hybridized carbons (Fsp3) is 0. The van der Waals surface area contributed by atoms with E-state index in [1.165, 1.54) is 83.1 Å². The molecule has 0 aliphatic heterocycles. The van der Waals surface area contributed by atoms with E-state index in [1.54, 1.807) is 0 Å². The maximum Gasteiger partial charge on any atom is 0.0541 e. The van der Waals surface area contributed by atoms with Crippen LogP contribution in [0.25, 0.3) is 83.1 Å². The van der Waals surface area contributed by atoms with Gasteiger partial charge in [0.15, 0.2) is 0 Å². The van der Waals surface area contributed by atoms with Crippen molar-refractivity contribution in [2.75, 3.05) is 4.90 Å². The highest BCUT2D eigenvalue weighted by molar-refractivity contribution is 6.09. The number of hydrogen-bond donors (Lipinski definition) is 0. The Balaban J connectivity index is 0.961. The SMILES string of the molecule is c1ccc(-c2cccc(-c3cccc(N(c4ccc(-c5ccc(-c6ccccc6-n6c7ccccc7c7ccccc76)cc5)cc4)c4ccccc4-c4ccccc4)c3)c2)cc1. The van der Waals surface area contributed by atoms with E-state index in [-0.39, 0.29) is 0 Å². The van der Waals surface area contributed by atoms with Crippen LogP contribution in [-0.2, 0) is 0 Å². The topological polar surface area (TPSA) is 8.17 Å². The Bertz CT molecular complexity index is 3270. The van der Waals surface area contributed by atoms with E-state index >= 15 is 0 Å². The van der Waals surface area contributed by atoms with Gasteiger partial charge in [0.05, 0.1) is 22.4 Å². The minimum Gasteiger partial charge on any atom is -0.310 e. The fourth-order valence-electron chi connectivity index (χ4n) is 9.03. The van der Waals surface area contributed by atoms with Gasteiger partial charge in [0.1, 0.15) is 0 Å². The minimum absolute atomic E-state index is 1.09. The Kier molecular flexibility index (Phi) is 9.57. The predicted octanol–water partition coefficient (Wildman–Crippen LogP) is 16.6. The third-order valence-corrected chi connectivity index (χ3v) is 12.0. The van der Waals surface area contributed by atoms with Gasteiger partial charge in [0.2, 0.25) is 0 Å². The van der Waals surface area contributed by atoms with Crippen molar-refractivity contribution in [2.45, 2.75) is 0 Å². The van der Waals surface area contributed by atoms with Crippen LogP contribution < -0.4 is 4.90 Å². The van der Waals surface area contributed by atoms with Crippen molar-refractivity contribution in [1.82, 2.24) is 4.57 Å². The Labute approximate surface area is 362 Å². The first kappa shape index (κ1) is 36.8. The largest absolute Gasteiger partial charge is 0.310 e. The molecule has 62 heavy (non-hydrogen) atoms. The summed E-state index contributed by atoms with van der Waals surface area (Å²) in [5, 5.41) is 2.53. The van der Waals surface area contributed by atoms with Gasteiger partial charge < -0.3 is 9.47 Å². The fourth-order valence-corrected chi connectivity index (χ4v) is 9.03. The van der Waals surface area contributed by atoms with Crippen molar-refractivity contribution in [1.29, 1.82) is 0 Å². The van der Waals surface area contributed by atoms with Gasteiger partial charge in [-0.1, -0.05) is 200 Å². The average molecular weight is 791 g/mol. The van der Waals surface area contributed by atoms with Crippen LogP contribution in [0.1, 0.15) is 0 Å². The molecule has 0 saturated heterocycles. The molecule has 1 heterocycles. The molecule has 2 heteroatoms. The number of para-hydroxylation sites is 4. The molecule has 0 radical (unpaired) electrons. The Morgan fingerprint density at radius 2 is 0.694 bits per heavy atom. The summed E-state index contributed by atoms with van der Waals surface area (Å²) < 4.78 is 2.41. The van der Waals surface area contributed by atoms with Gasteiger partial charge in [-0.2, -0.15) is 0 Å². The second-order valence-corrected chi connectivity index (χ2v) is 15.7. The number of benzene rings is 10. The van der Waals surface area contributed by atoms with E-state index < -0.39 is 0 Å². The van der Waals surface area contributed by atoms with Crippen LogP contribution in [0.4, 0.5) is 17.1 Å². The number of nitrogens with zero attached hydrogens (tertiary/aromatic N) is 2. The lowest BCUT2D eigenvalue weighted by Gasteiger charge is -2.28. The van der Waals surface area contributed by atoms with Gasteiger partial charge in [0.25, 0.3) is 0 Å². The van der Waals surface area contributed by atoms with Gasteiger partial charge in [-0.25, -0.2) is 0 Å². The van der Waals surface area contributed by atoms with Crippen LogP contribution in [0.2, 0.25) is 0 Å². The minimum atomic E-state index is 1.09.